The predicted molar refractivity (Wildman–Crippen MR) is 233 cm³/mol. The Kier molecular flexibility index (Phi) is 8.40. The minimum atomic E-state index is -3.12. The summed E-state index contributed by atoms with van der Waals surface area (Å²) in [7, 11) is -3.12. The van der Waals surface area contributed by atoms with Crippen LogP contribution < -0.4 is 15.9 Å². The van der Waals surface area contributed by atoms with Crippen LogP contribution in [0.25, 0.3) is 77.6 Å². The van der Waals surface area contributed by atoms with Gasteiger partial charge in [-0.05, 0) is 29.3 Å². The van der Waals surface area contributed by atoms with Gasteiger partial charge in [0.2, 0.25) is 0 Å². The van der Waals surface area contributed by atoms with E-state index in [1.165, 1.54) is 0 Å². The second-order valence-corrected chi connectivity index (χ2v) is 16.6. The summed E-state index contributed by atoms with van der Waals surface area (Å²) in [6, 6.07) is 69.3. The second-order valence-electron chi connectivity index (χ2n) is 13.9. The van der Waals surface area contributed by atoms with Gasteiger partial charge in [0.1, 0.15) is 0 Å². The normalized spacial score (nSPS) is 11.6. The first-order valence-electron chi connectivity index (χ1n) is 18.7. The molecule has 0 fully saturated rings. The molecule has 0 bridgehead atoms. The molecule has 0 radical (unpaired) electrons. The zero-order valence-corrected chi connectivity index (χ0v) is 31.2. The Morgan fingerprint density at radius 2 is 0.804 bits per heavy atom. The average Bonchev–Trinajstić information content (AvgIpc) is 3.29. The molecule has 0 N–H and O–H groups in total. The zero-order chi connectivity index (χ0) is 37.5. The fraction of sp³-hybridized carbons (Fsp3) is 0. The molecule has 0 atom stereocenters. The van der Waals surface area contributed by atoms with Crippen molar-refractivity contribution in [2.75, 3.05) is 0 Å². The topological polar surface area (TPSA) is 55.7 Å². The lowest BCUT2D eigenvalue weighted by molar-refractivity contribution is 0.592. The van der Waals surface area contributed by atoms with E-state index in [1.54, 1.807) is 0 Å². The van der Waals surface area contributed by atoms with Crippen LogP contribution in [0.5, 0.6) is 0 Å². The van der Waals surface area contributed by atoms with Crippen LogP contribution in [0.3, 0.4) is 0 Å². The summed E-state index contributed by atoms with van der Waals surface area (Å²) in [6.45, 7) is 0. The molecule has 0 saturated carbocycles. The molecule has 0 aliphatic rings. The predicted octanol–water partition coefficient (Wildman–Crippen LogP) is 11.6. The van der Waals surface area contributed by atoms with E-state index in [2.05, 4.69) is 91.0 Å². The number of aromatic nitrogens is 3. The van der Waals surface area contributed by atoms with Gasteiger partial charge in [-0.15, -0.1) is 0 Å². The van der Waals surface area contributed by atoms with E-state index in [0.717, 1.165) is 93.5 Å². The van der Waals surface area contributed by atoms with Crippen LogP contribution in [0.1, 0.15) is 0 Å². The number of nitrogens with zero attached hydrogens (tertiary/aromatic N) is 3. The first kappa shape index (κ1) is 33.6. The van der Waals surface area contributed by atoms with Crippen molar-refractivity contribution >= 4 is 55.8 Å². The maximum Gasteiger partial charge on any atom is 0.171 e. The van der Waals surface area contributed by atoms with E-state index in [-0.39, 0.29) is 0 Å². The first-order chi connectivity index (χ1) is 27.7. The summed E-state index contributed by atoms with van der Waals surface area (Å²) in [4.78, 5) is 16.1. The van der Waals surface area contributed by atoms with Crippen LogP contribution in [-0.2, 0) is 4.57 Å². The molecule has 0 saturated heterocycles. The third kappa shape index (κ3) is 5.71. The molecule has 0 unspecified atom stereocenters. The van der Waals surface area contributed by atoms with Crippen molar-refractivity contribution in [2.24, 2.45) is 0 Å². The molecule has 10 rings (SSSR count). The lowest BCUT2D eigenvalue weighted by Crippen LogP contribution is -2.24. The first-order valence-corrected chi connectivity index (χ1v) is 20.4. The van der Waals surface area contributed by atoms with Gasteiger partial charge in [0, 0.05) is 48.8 Å². The highest BCUT2D eigenvalue weighted by Crippen LogP contribution is 2.44. The Hall–Kier alpha value is -7.00. The van der Waals surface area contributed by atoms with Crippen molar-refractivity contribution in [1.82, 2.24) is 15.0 Å². The largest absolute Gasteiger partial charge is 0.309 e. The highest BCUT2D eigenvalue weighted by atomic mass is 31.2. The van der Waals surface area contributed by atoms with Crippen molar-refractivity contribution in [3.63, 3.8) is 0 Å². The molecule has 0 aliphatic heterocycles. The standard InChI is InChI=1S/C51H34N3OP/c55-56(38-21-9-3-10-22-38,39-23-11-4-12-24-39)40-31-29-35(30-32-40)41-25-13-14-26-42(41)50-44-33-34-46-51(47(44)43-27-15-16-28-45(43)52-50)54-49(37-19-7-2-8-20-37)48(53-46)36-17-5-1-6-18-36/h1-34H. The van der Waals surface area contributed by atoms with Crippen molar-refractivity contribution in [2.45, 2.75) is 0 Å². The molecule has 0 spiro atoms. The average molecular weight is 736 g/mol. The summed E-state index contributed by atoms with van der Waals surface area (Å²) < 4.78 is 15.1. The number of rotatable bonds is 7. The third-order valence-electron chi connectivity index (χ3n) is 10.6. The number of fused-ring (bicyclic) bond motifs is 5. The molecule has 8 aromatic carbocycles. The Balaban J connectivity index is 1.18. The molecule has 10 aromatic rings. The van der Waals surface area contributed by atoms with Crippen LogP contribution in [0.15, 0.2) is 206 Å². The van der Waals surface area contributed by atoms with Crippen LogP contribution in [-0.4, -0.2) is 15.0 Å². The van der Waals surface area contributed by atoms with Crippen molar-refractivity contribution in [1.29, 1.82) is 0 Å². The van der Waals surface area contributed by atoms with E-state index in [1.807, 2.05) is 115 Å². The molecule has 0 aliphatic carbocycles. The number of benzene rings is 8. The number of hydrogen-bond acceptors (Lipinski definition) is 4. The number of para-hydroxylation sites is 1. The van der Waals surface area contributed by atoms with Gasteiger partial charge in [0.05, 0.1) is 33.6 Å². The summed E-state index contributed by atoms with van der Waals surface area (Å²) >= 11 is 0. The fourth-order valence-corrected chi connectivity index (χ4v) is 10.5. The molecule has 4 nitrogen and oxygen atoms in total. The highest BCUT2D eigenvalue weighted by Gasteiger charge is 2.29. The summed E-state index contributed by atoms with van der Waals surface area (Å²) in [6.07, 6.45) is 0. The van der Waals surface area contributed by atoms with Crippen molar-refractivity contribution in [3.8, 4) is 44.9 Å². The summed E-state index contributed by atoms with van der Waals surface area (Å²) in [5.74, 6) is 0. The molecular weight excluding hydrogens is 702 g/mol. The Bertz CT molecular complexity index is 3040. The quantitative estimate of drug-likeness (QED) is 0.121. The van der Waals surface area contributed by atoms with Gasteiger partial charge in [-0.1, -0.05) is 188 Å². The Morgan fingerprint density at radius 1 is 0.321 bits per heavy atom. The highest BCUT2D eigenvalue weighted by molar-refractivity contribution is 7.85. The maximum absolute atomic E-state index is 15.1. The van der Waals surface area contributed by atoms with Gasteiger partial charge in [0.15, 0.2) is 7.14 Å². The van der Waals surface area contributed by atoms with Gasteiger partial charge in [0.25, 0.3) is 0 Å². The van der Waals surface area contributed by atoms with Crippen LogP contribution >= 0.6 is 7.14 Å². The van der Waals surface area contributed by atoms with E-state index >= 15 is 4.57 Å². The fourth-order valence-electron chi connectivity index (χ4n) is 7.87. The van der Waals surface area contributed by atoms with Crippen LogP contribution in [0.4, 0.5) is 0 Å². The molecule has 264 valence electrons. The number of pyridine rings is 1. The lowest BCUT2D eigenvalue weighted by atomic mass is 9.93. The van der Waals surface area contributed by atoms with E-state index in [4.69, 9.17) is 15.0 Å². The SMILES string of the molecule is O=P(c1ccccc1)(c1ccccc1)c1ccc(-c2ccccc2-c2nc3ccccc3c3c2ccc2nc(-c4ccccc4)c(-c4ccccc4)nc23)cc1. The molecule has 0 amide bonds. The third-order valence-corrected chi connectivity index (χ3v) is 13.6. The van der Waals surface area contributed by atoms with Gasteiger partial charge in [-0.25, -0.2) is 15.0 Å². The molecule has 2 heterocycles. The van der Waals surface area contributed by atoms with Gasteiger partial charge in [-0.3, -0.25) is 0 Å². The van der Waals surface area contributed by atoms with E-state index in [9.17, 15) is 0 Å². The van der Waals surface area contributed by atoms with Gasteiger partial charge in [-0.2, -0.15) is 0 Å². The van der Waals surface area contributed by atoms with Crippen molar-refractivity contribution < 1.29 is 4.57 Å². The number of hydrogen-bond donors (Lipinski definition) is 0. The molecular formula is C51H34N3OP. The zero-order valence-electron chi connectivity index (χ0n) is 30.3. The van der Waals surface area contributed by atoms with E-state index in [0.29, 0.717) is 0 Å². The minimum absolute atomic E-state index is 0.791. The van der Waals surface area contributed by atoms with Gasteiger partial charge >= 0.3 is 0 Å². The van der Waals surface area contributed by atoms with Gasteiger partial charge < -0.3 is 4.57 Å². The Morgan fingerprint density at radius 3 is 1.43 bits per heavy atom. The van der Waals surface area contributed by atoms with Crippen LogP contribution in [0.2, 0.25) is 0 Å². The second kappa shape index (κ2) is 14.0. The smallest absolute Gasteiger partial charge is 0.171 e. The Labute approximate surface area is 325 Å². The van der Waals surface area contributed by atoms with Crippen molar-refractivity contribution in [3.05, 3.63) is 206 Å². The minimum Gasteiger partial charge on any atom is -0.309 e. The maximum atomic E-state index is 15.1. The van der Waals surface area contributed by atoms with E-state index < -0.39 is 7.14 Å². The molecule has 56 heavy (non-hydrogen) atoms. The summed E-state index contributed by atoms with van der Waals surface area (Å²) in [5, 5.41) is 5.46. The molecule has 5 heteroatoms. The molecule has 2 aromatic heterocycles. The lowest BCUT2D eigenvalue weighted by Gasteiger charge is -2.20. The monoisotopic (exact) mass is 735 g/mol. The van der Waals surface area contributed by atoms with Crippen LogP contribution in [0, 0.1) is 0 Å². The summed E-state index contributed by atoms with van der Waals surface area (Å²) in [5.41, 5.74) is 10.2.